The molecule has 7 nitrogen and oxygen atoms in total. The molecule has 2 aromatic carbocycles. The molecule has 1 N–H and O–H groups in total. The molecule has 1 aliphatic rings. The predicted molar refractivity (Wildman–Crippen MR) is 117 cm³/mol. The van der Waals surface area contributed by atoms with Crippen molar-refractivity contribution in [2.75, 3.05) is 20.6 Å². The van der Waals surface area contributed by atoms with Crippen LogP contribution in [0.4, 0.5) is 13.6 Å². The van der Waals surface area contributed by atoms with Gasteiger partial charge in [0.15, 0.2) is 0 Å². The topological polar surface area (TPSA) is 79.0 Å². The van der Waals surface area contributed by atoms with Gasteiger partial charge in [0.25, 0.3) is 10.2 Å². The van der Waals surface area contributed by atoms with Crippen LogP contribution in [0.15, 0.2) is 48.5 Å². The minimum absolute atomic E-state index is 0.0422. The molecule has 1 heterocycles. The summed E-state index contributed by atoms with van der Waals surface area (Å²) in [6, 6.07) is 10.9. The van der Waals surface area contributed by atoms with E-state index in [9.17, 15) is 22.0 Å². The van der Waals surface area contributed by atoms with Gasteiger partial charge in [-0.1, -0.05) is 54.1 Å². The number of hydrogen-bond donors (Lipinski definition) is 1. The Labute approximate surface area is 191 Å². The van der Waals surface area contributed by atoms with E-state index in [0.29, 0.717) is 0 Å². The number of nitrogens with zero attached hydrogens (tertiary/aromatic N) is 2. The van der Waals surface area contributed by atoms with Crippen LogP contribution in [0.25, 0.3) is 0 Å². The van der Waals surface area contributed by atoms with Gasteiger partial charge in [-0.2, -0.15) is 17.4 Å². The van der Waals surface area contributed by atoms with Crippen LogP contribution in [-0.2, 0) is 28.0 Å². The van der Waals surface area contributed by atoms with Crippen LogP contribution in [-0.4, -0.2) is 62.6 Å². The van der Waals surface area contributed by atoms with Crippen molar-refractivity contribution in [2.45, 2.75) is 31.3 Å². The maximum Gasteiger partial charge on any atom is 0.410 e. The van der Waals surface area contributed by atoms with E-state index < -0.39 is 46.9 Å². The molecule has 0 bridgehead atoms. The van der Waals surface area contributed by atoms with Crippen molar-refractivity contribution in [2.24, 2.45) is 0 Å². The molecule has 0 aliphatic carbocycles. The number of likely N-dealkylation sites (tertiary alicyclic amines) is 1. The number of hydrogen-bond acceptors (Lipinski definition) is 4. The molecule has 1 aliphatic heterocycles. The lowest BCUT2D eigenvalue weighted by Gasteiger charge is -2.28. The molecule has 0 spiro atoms. The summed E-state index contributed by atoms with van der Waals surface area (Å²) in [4.78, 5) is 13.9. The van der Waals surface area contributed by atoms with Gasteiger partial charge in [-0.05, 0) is 23.6 Å². The van der Waals surface area contributed by atoms with Gasteiger partial charge in [0.1, 0.15) is 18.6 Å². The highest BCUT2D eigenvalue weighted by Crippen LogP contribution is 2.28. The third kappa shape index (κ3) is 5.55. The Morgan fingerprint density at radius 3 is 2.56 bits per heavy atom. The van der Waals surface area contributed by atoms with Gasteiger partial charge in [-0.3, -0.25) is 0 Å². The molecule has 174 valence electrons. The molecular formula is C21H24ClF2N3O4S. The molecule has 1 amide bonds. The van der Waals surface area contributed by atoms with Gasteiger partial charge in [0, 0.05) is 14.1 Å². The fourth-order valence-corrected chi connectivity index (χ4v) is 4.54. The van der Waals surface area contributed by atoms with E-state index in [1.807, 2.05) is 6.07 Å². The summed E-state index contributed by atoms with van der Waals surface area (Å²) in [5.41, 5.74) is 0.866. The minimum Gasteiger partial charge on any atom is -0.445 e. The summed E-state index contributed by atoms with van der Waals surface area (Å²) < 4.78 is 62.7. The number of benzene rings is 2. The van der Waals surface area contributed by atoms with Gasteiger partial charge in [0.05, 0.1) is 23.7 Å². The number of carbonyl (C=O) groups excluding carboxylic acids is 1. The van der Waals surface area contributed by atoms with E-state index in [1.54, 1.807) is 24.3 Å². The quantitative estimate of drug-likeness (QED) is 0.650. The Balaban J connectivity index is 1.86. The Morgan fingerprint density at radius 2 is 1.91 bits per heavy atom. The van der Waals surface area contributed by atoms with Crippen molar-refractivity contribution in [3.63, 3.8) is 0 Å². The van der Waals surface area contributed by atoms with Gasteiger partial charge in [-0.25, -0.2) is 13.6 Å². The molecule has 11 heteroatoms. The van der Waals surface area contributed by atoms with Crippen molar-refractivity contribution in [3.05, 3.63) is 70.5 Å². The van der Waals surface area contributed by atoms with E-state index in [-0.39, 0.29) is 23.6 Å². The standard InChI is InChI=1S/C21H24ClF2N3O4S/c1-26(2)32(29,30)25-20-17(23)12-27(21(28)31-13-14-7-4-3-5-8-14)18(20)11-15-9-6-10-16(22)19(15)24/h3-10,17-18,20,25H,11-13H2,1-2H3/t17-,18-,20-/m0/s1. The Kier molecular flexibility index (Phi) is 7.71. The zero-order chi connectivity index (χ0) is 23.5. The summed E-state index contributed by atoms with van der Waals surface area (Å²) in [7, 11) is -1.43. The van der Waals surface area contributed by atoms with Gasteiger partial charge in [-0.15, -0.1) is 0 Å². The van der Waals surface area contributed by atoms with Crippen LogP contribution in [0.1, 0.15) is 11.1 Å². The average Bonchev–Trinajstić information content (AvgIpc) is 3.05. The second-order valence-electron chi connectivity index (χ2n) is 7.62. The molecule has 1 fully saturated rings. The third-order valence-corrected chi connectivity index (χ3v) is 7.07. The highest BCUT2D eigenvalue weighted by Gasteiger charge is 2.47. The van der Waals surface area contributed by atoms with Crippen molar-refractivity contribution < 1.29 is 26.7 Å². The normalized spacial score (nSPS) is 21.2. The lowest BCUT2D eigenvalue weighted by molar-refractivity contribution is 0.0894. The van der Waals surface area contributed by atoms with E-state index in [1.165, 1.54) is 32.3 Å². The maximum absolute atomic E-state index is 15.0. The monoisotopic (exact) mass is 487 g/mol. The number of ether oxygens (including phenoxy) is 1. The van der Waals surface area contributed by atoms with Gasteiger partial charge >= 0.3 is 6.09 Å². The first-order valence-electron chi connectivity index (χ1n) is 9.84. The first-order valence-corrected chi connectivity index (χ1v) is 11.7. The second kappa shape index (κ2) is 10.1. The van der Waals surface area contributed by atoms with Crippen LogP contribution < -0.4 is 4.72 Å². The number of carbonyl (C=O) groups is 1. The lowest BCUT2D eigenvalue weighted by atomic mass is 10.00. The summed E-state index contributed by atoms with van der Waals surface area (Å²) in [5.74, 6) is -0.705. The summed E-state index contributed by atoms with van der Waals surface area (Å²) in [5, 5.41) is -0.124. The number of nitrogens with one attached hydrogen (secondary N) is 1. The highest BCUT2D eigenvalue weighted by molar-refractivity contribution is 7.87. The SMILES string of the molecule is CN(C)S(=O)(=O)N[C@H]1[C@@H](F)CN(C(=O)OCc2ccccc2)[C@H]1Cc1cccc(Cl)c1F. The molecule has 3 rings (SSSR count). The molecular weight excluding hydrogens is 464 g/mol. The largest absolute Gasteiger partial charge is 0.445 e. The zero-order valence-corrected chi connectivity index (χ0v) is 19.1. The van der Waals surface area contributed by atoms with Crippen LogP contribution >= 0.6 is 11.6 Å². The second-order valence-corrected chi connectivity index (χ2v) is 9.95. The van der Waals surface area contributed by atoms with Gasteiger partial charge in [0.2, 0.25) is 0 Å². The number of halogens is 3. The van der Waals surface area contributed by atoms with E-state index in [0.717, 1.165) is 14.8 Å². The molecule has 3 atom stereocenters. The molecule has 0 radical (unpaired) electrons. The predicted octanol–water partition coefficient (Wildman–Crippen LogP) is 3.15. The molecule has 0 saturated carbocycles. The fraction of sp³-hybridized carbons (Fsp3) is 0.381. The van der Waals surface area contributed by atoms with E-state index >= 15 is 0 Å². The minimum atomic E-state index is -4.02. The van der Waals surface area contributed by atoms with E-state index in [4.69, 9.17) is 16.3 Å². The first kappa shape index (κ1) is 24.4. The smallest absolute Gasteiger partial charge is 0.410 e. The van der Waals surface area contributed by atoms with Gasteiger partial charge < -0.3 is 9.64 Å². The Morgan fingerprint density at radius 1 is 1.22 bits per heavy atom. The third-order valence-electron chi connectivity index (χ3n) is 5.24. The molecule has 0 aromatic heterocycles. The molecule has 32 heavy (non-hydrogen) atoms. The van der Waals surface area contributed by atoms with Crippen LogP contribution in [0.5, 0.6) is 0 Å². The number of rotatable bonds is 7. The van der Waals surface area contributed by atoms with Crippen molar-refractivity contribution in [3.8, 4) is 0 Å². The van der Waals surface area contributed by atoms with Crippen molar-refractivity contribution >= 4 is 27.9 Å². The Bertz CT molecular complexity index is 1060. The van der Waals surface area contributed by atoms with Crippen LogP contribution in [0, 0.1) is 5.82 Å². The maximum atomic E-state index is 15.0. The summed E-state index contributed by atoms with van der Waals surface area (Å²) >= 11 is 5.86. The van der Waals surface area contributed by atoms with E-state index in [2.05, 4.69) is 4.72 Å². The number of amides is 1. The Hall–Kier alpha value is -2.27. The van der Waals surface area contributed by atoms with Crippen molar-refractivity contribution in [1.29, 1.82) is 0 Å². The molecule has 0 unspecified atom stereocenters. The molecule has 2 aromatic rings. The highest BCUT2D eigenvalue weighted by atomic mass is 35.5. The zero-order valence-electron chi connectivity index (χ0n) is 17.5. The molecule has 1 saturated heterocycles. The first-order chi connectivity index (χ1) is 15.1. The van der Waals surface area contributed by atoms with Crippen molar-refractivity contribution in [1.82, 2.24) is 13.9 Å². The average molecular weight is 488 g/mol. The number of alkyl halides is 1. The summed E-state index contributed by atoms with van der Waals surface area (Å²) in [6.07, 6.45) is -2.70. The summed E-state index contributed by atoms with van der Waals surface area (Å²) in [6.45, 7) is -0.444. The van der Waals surface area contributed by atoms with Crippen LogP contribution in [0.2, 0.25) is 5.02 Å². The lowest BCUT2D eigenvalue weighted by Crippen LogP contribution is -2.52. The fourth-order valence-electron chi connectivity index (χ4n) is 3.48. The van der Waals surface area contributed by atoms with Crippen LogP contribution in [0.3, 0.4) is 0 Å².